The molecule has 0 radical (unpaired) electrons. The third kappa shape index (κ3) is 6.48. The normalized spacial score (nSPS) is 17.5. The summed E-state index contributed by atoms with van der Waals surface area (Å²) < 4.78 is 5.27. The fraction of sp³-hybridized carbons (Fsp3) is 0.275. The van der Waals surface area contributed by atoms with E-state index in [4.69, 9.17) is 9.51 Å². The van der Waals surface area contributed by atoms with Crippen LogP contribution >= 0.6 is 0 Å². The number of aromatic amines is 2. The molecule has 2 amide bonds. The van der Waals surface area contributed by atoms with Gasteiger partial charge >= 0.3 is 0 Å². The number of aromatic nitrogens is 5. The second-order valence-electron chi connectivity index (χ2n) is 13.3. The molecule has 2 fully saturated rings. The largest absolute Gasteiger partial charge is 0.361 e. The van der Waals surface area contributed by atoms with Gasteiger partial charge in [-0.1, -0.05) is 84.0 Å². The second kappa shape index (κ2) is 13.6. The van der Waals surface area contributed by atoms with Crippen LogP contribution in [0.2, 0.25) is 0 Å². The molecule has 8 rings (SSSR count). The second-order valence-corrected chi connectivity index (χ2v) is 13.3. The van der Waals surface area contributed by atoms with Gasteiger partial charge < -0.3 is 24.3 Å². The van der Waals surface area contributed by atoms with Crippen LogP contribution in [-0.2, 0) is 22.4 Å². The van der Waals surface area contributed by atoms with Crippen molar-refractivity contribution in [3.05, 3.63) is 126 Å². The number of nitrogens with one attached hydrogen (secondary N) is 2. The van der Waals surface area contributed by atoms with Gasteiger partial charge in [-0.05, 0) is 60.4 Å². The number of hydrogen-bond acceptors (Lipinski definition) is 6. The molecule has 252 valence electrons. The zero-order valence-electron chi connectivity index (χ0n) is 28.0. The summed E-state index contributed by atoms with van der Waals surface area (Å²) in [6, 6.07) is 28.5. The van der Waals surface area contributed by atoms with E-state index in [1.165, 1.54) is 0 Å². The zero-order valence-corrected chi connectivity index (χ0v) is 28.0. The molecular formula is C40H39N7O3. The minimum Gasteiger partial charge on any atom is -0.361 e. The van der Waals surface area contributed by atoms with Crippen LogP contribution in [0.3, 0.4) is 0 Å². The van der Waals surface area contributed by atoms with Crippen LogP contribution in [0.1, 0.15) is 66.4 Å². The molecule has 0 saturated carbocycles. The van der Waals surface area contributed by atoms with Crippen molar-refractivity contribution in [1.29, 1.82) is 0 Å². The molecule has 0 bridgehead atoms. The van der Waals surface area contributed by atoms with Gasteiger partial charge in [0, 0.05) is 19.2 Å². The maximum Gasteiger partial charge on any atom is 0.230 e. The van der Waals surface area contributed by atoms with Crippen molar-refractivity contribution in [2.24, 2.45) is 0 Å². The highest BCUT2D eigenvalue weighted by Gasteiger charge is 2.33. The molecule has 2 aliphatic rings. The maximum atomic E-state index is 13.2. The number of aryl methyl sites for hydroxylation is 1. The van der Waals surface area contributed by atoms with Gasteiger partial charge in [-0.3, -0.25) is 9.59 Å². The van der Waals surface area contributed by atoms with Crippen molar-refractivity contribution in [2.45, 2.75) is 57.5 Å². The Hall–Kier alpha value is -5.77. The lowest BCUT2D eigenvalue weighted by molar-refractivity contribution is -0.132. The van der Waals surface area contributed by atoms with Gasteiger partial charge in [0.15, 0.2) is 0 Å². The van der Waals surface area contributed by atoms with Crippen LogP contribution in [0.5, 0.6) is 0 Å². The predicted octanol–water partition coefficient (Wildman–Crippen LogP) is 7.24. The zero-order chi connectivity index (χ0) is 34.0. The number of H-pyrrole nitrogens is 2. The molecule has 3 aromatic carbocycles. The summed E-state index contributed by atoms with van der Waals surface area (Å²) in [7, 11) is 0. The number of nitrogens with zero attached hydrogens (tertiary/aromatic N) is 5. The molecule has 50 heavy (non-hydrogen) atoms. The van der Waals surface area contributed by atoms with Crippen molar-refractivity contribution in [1.82, 2.24) is 34.9 Å². The Balaban J connectivity index is 0.910. The topological polar surface area (TPSA) is 124 Å². The Morgan fingerprint density at radius 1 is 0.700 bits per heavy atom. The summed E-state index contributed by atoms with van der Waals surface area (Å²) in [4.78, 5) is 46.5. The highest BCUT2D eigenvalue weighted by atomic mass is 16.5. The highest BCUT2D eigenvalue weighted by molar-refractivity contribution is 5.80. The summed E-state index contributed by atoms with van der Waals surface area (Å²) >= 11 is 0. The smallest absolute Gasteiger partial charge is 0.230 e. The Bertz CT molecular complexity index is 2100. The molecule has 0 unspecified atom stereocenters. The Morgan fingerprint density at radius 3 is 1.70 bits per heavy atom. The van der Waals surface area contributed by atoms with Gasteiger partial charge in [0.1, 0.15) is 17.4 Å². The van der Waals surface area contributed by atoms with Crippen molar-refractivity contribution in [3.63, 3.8) is 0 Å². The Labute approximate surface area is 290 Å². The summed E-state index contributed by atoms with van der Waals surface area (Å²) in [5.74, 6) is 2.40. The first-order chi connectivity index (χ1) is 24.5. The minimum absolute atomic E-state index is 0.0245. The van der Waals surface area contributed by atoms with E-state index in [9.17, 15) is 9.59 Å². The fourth-order valence-corrected chi connectivity index (χ4v) is 7.31. The summed E-state index contributed by atoms with van der Waals surface area (Å²) in [5, 5.41) is 3.90. The Kier molecular flexibility index (Phi) is 8.58. The van der Waals surface area contributed by atoms with Gasteiger partial charge in [0.05, 0.1) is 54.4 Å². The quantitative estimate of drug-likeness (QED) is 0.168. The average Bonchev–Trinajstić information content (AvgIpc) is 3.98. The average molecular weight is 666 g/mol. The van der Waals surface area contributed by atoms with E-state index in [0.717, 1.165) is 88.8 Å². The number of carbonyl (C=O) groups excluding carboxylic acids is 2. The molecule has 3 aromatic heterocycles. The van der Waals surface area contributed by atoms with E-state index in [1.807, 2.05) is 65.5 Å². The molecule has 2 aliphatic heterocycles. The van der Waals surface area contributed by atoms with Crippen molar-refractivity contribution < 1.29 is 14.1 Å². The molecule has 10 nitrogen and oxygen atoms in total. The van der Waals surface area contributed by atoms with Gasteiger partial charge in [-0.25, -0.2) is 9.97 Å². The fourth-order valence-electron chi connectivity index (χ4n) is 7.31. The lowest BCUT2D eigenvalue weighted by Gasteiger charge is -2.23. The van der Waals surface area contributed by atoms with Gasteiger partial charge in [0.2, 0.25) is 11.8 Å². The number of imidazole rings is 2. The van der Waals surface area contributed by atoms with Gasteiger partial charge in [0.25, 0.3) is 0 Å². The summed E-state index contributed by atoms with van der Waals surface area (Å²) in [5.41, 5.74) is 7.97. The van der Waals surface area contributed by atoms with Crippen LogP contribution in [-0.4, -0.2) is 59.8 Å². The standard InChI is InChI=1S/C40H39N7O3/c1-26-21-32(50-45-26)23-38(49)47-20-6-10-36(47)40-42-25-34(44-40)31-17-13-29(14-18-31)28-11-15-30(16-12-28)33-24-41-39(43-33)35-9-5-19-46(35)37(48)22-27-7-3-2-4-8-27/h2-4,7-8,11-18,21,24-25,35-36H,5-6,9-10,19-20,22-23H2,1H3,(H,41,43)(H,42,44)/t35-,36-/m0/s1. The molecule has 2 saturated heterocycles. The first-order valence-electron chi connectivity index (χ1n) is 17.3. The molecular weight excluding hydrogens is 626 g/mol. The number of likely N-dealkylation sites (tertiary alicyclic amines) is 2. The lowest BCUT2D eigenvalue weighted by Crippen LogP contribution is -2.32. The molecule has 0 aliphatic carbocycles. The van der Waals surface area contributed by atoms with Crippen LogP contribution in [0.4, 0.5) is 0 Å². The first-order valence-corrected chi connectivity index (χ1v) is 17.3. The molecule has 2 N–H and O–H groups in total. The third-order valence-corrected chi connectivity index (χ3v) is 9.89. The predicted molar refractivity (Wildman–Crippen MR) is 190 cm³/mol. The van der Waals surface area contributed by atoms with Crippen LogP contribution < -0.4 is 0 Å². The number of hydrogen-bond donors (Lipinski definition) is 2. The number of benzene rings is 3. The van der Waals surface area contributed by atoms with Crippen molar-refractivity contribution >= 4 is 11.8 Å². The monoisotopic (exact) mass is 665 g/mol. The van der Waals surface area contributed by atoms with Crippen molar-refractivity contribution in [3.8, 4) is 33.6 Å². The Morgan fingerprint density at radius 2 is 1.20 bits per heavy atom. The summed E-state index contributed by atoms with van der Waals surface area (Å²) in [6.07, 6.45) is 8.02. The first kappa shape index (κ1) is 31.5. The lowest BCUT2D eigenvalue weighted by atomic mass is 10.0. The van der Waals surface area contributed by atoms with Crippen LogP contribution in [0.15, 0.2) is 102 Å². The van der Waals surface area contributed by atoms with E-state index in [1.54, 1.807) is 0 Å². The minimum atomic E-state index is -0.0803. The van der Waals surface area contributed by atoms with Gasteiger partial charge in [-0.15, -0.1) is 0 Å². The number of rotatable bonds is 9. The molecule has 5 heterocycles. The van der Waals surface area contributed by atoms with E-state index >= 15 is 0 Å². The third-order valence-electron chi connectivity index (χ3n) is 9.89. The SMILES string of the molecule is Cc1cc(CC(=O)N2CCC[C@H]2c2ncc(-c3ccc(-c4ccc(-c5cnc([C@@H]6CCCN6C(=O)Cc6ccccc6)[nH]5)cc4)cc3)[nH]2)on1. The maximum absolute atomic E-state index is 13.2. The molecule has 2 atom stereocenters. The van der Waals surface area contributed by atoms with Crippen LogP contribution in [0, 0.1) is 6.92 Å². The van der Waals surface area contributed by atoms with E-state index in [2.05, 4.69) is 68.6 Å². The molecule has 10 heteroatoms. The highest BCUT2D eigenvalue weighted by Crippen LogP contribution is 2.34. The number of carbonyl (C=O) groups is 2. The van der Waals surface area contributed by atoms with E-state index in [0.29, 0.717) is 18.7 Å². The molecule has 0 spiro atoms. The van der Waals surface area contributed by atoms with Gasteiger partial charge in [-0.2, -0.15) is 0 Å². The molecule has 6 aromatic rings. The summed E-state index contributed by atoms with van der Waals surface area (Å²) in [6.45, 7) is 3.31. The van der Waals surface area contributed by atoms with E-state index < -0.39 is 0 Å². The van der Waals surface area contributed by atoms with Crippen molar-refractivity contribution in [2.75, 3.05) is 13.1 Å². The van der Waals surface area contributed by atoms with E-state index in [-0.39, 0.29) is 30.3 Å². The number of amides is 2. The van der Waals surface area contributed by atoms with Crippen LogP contribution in [0.25, 0.3) is 33.6 Å².